The van der Waals surface area contributed by atoms with Crippen molar-refractivity contribution in [2.75, 3.05) is 14.2 Å². The van der Waals surface area contributed by atoms with Crippen LogP contribution in [0.3, 0.4) is 0 Å². The average molecular weight is 502 g/mol. The van der Waals surface area contributed by atoms with Crippen molar-refractivity contribution >= 4 is 40.7 Å². The fourth-order valence-electron chi connectivity index (χ4n) is 5.17. The maximum Gasteiger partial charge on any atom is 0.236 e. The van der Waals surface area contributed by atoms with E-state index in [1.807, 2.05) is 0 Å². The number of Topliss-reactive ketones (excluding diaryl/α,β-unsaturated/α-hetero) is 2. The Kier molecular flexibility index (Phi) is 5.37. The van der Waals surface area contributed by atoms with E-state index in [1.54, 1.807) is 31.2 Å². The predicted molar refractivity (Wildman–Crippen MR) is 125 cm³/mol. The highest BCUT2D eigenvalue weighted by Gasteiger charge is 2.63. The molecule has 0 fully saturated rings. The zero-order valence-corrected chi connectivity index (χ0v) is 20.2. The van der Waals surface area contributed by atoms with Gasteiger partial charge in [0.1, 0.15) is 22.1 Å². The molecule has 0 bridgehead atoms. The molecule has 0 aromatic heterocycles. The van der Waals surface area contributed by atoms with Gasteiger partial charge in [-0.1, -0.05) is 42.3 Å². The van der Waals surface area contributed by atoms with Gasteiger partial charge in [-0.05, 0) is 24.1 Å². The van der Waals surface area contributed by atoms with Crippen LogP contribution in [0.5, 0.6) is 17.2 Å². The summed E-state index contributed by atoms with van der Waals surface area (Å²) in [6.45, 7) is 1.75. The van der Waals surface area contributed by atoms with Crippen LogP contribution in [-0.2, 0) is 9.59 Å². The van der Waals surface area contributed by atoms with E-state index in [0.29, 0.717) is 16.3 Å². The van der Waals surface area contributed by atoms with E-state index in [2.05, 4.69) is 5.32 Å². The van der Waals surface area contributed by atoms with Crippen LogP contribution in [0.1, 0.15) is 41.6 Å². The lowest BCUT2D eigenvalue weighted by Gasteiger charge is -2.41. The molecule has 0 saturated carbocycles. The van der Waals surface area contributed by atoms with Gasteiger partial charge in [-0.25, -0.2) is 0 Å². The molecule has 7 nitrogen and oxygen atoms in total. The molecule has 176 valence electrons. The first kappa shape index (κ1) is 22.7. The molecule has 2 aromatic carbocycles. The van der Waals surface area contributed by atoms with E-state index >= 15 is 0 Å². The molecule has 0 saturated heterocycles. The van der Waals surface area contributed by atoms with Crippen molar-refractivity contribution in [3.8, 4) is 17.2 Å². The van der Waals surface area contributed by atoms with E-state index in [9.17, 15) is 14.4 Å². The van der Waals surface area contributed by atoms with Crippen LogP contribution in [0.4, 0.5) is 0 Å². The Balaban J connectivity index is 1.67. The molecule has 9 heteroatoms. The third-order valence-corrected chi connectivity index (χ3v) is 7.44. The largest absolute Gasteiger partial charge is 0.496 e. The van der Waals surface area contributed by atoms with Crippen molar-refractivity contribution in [2.45, 2.75) is 31.3 Å². The minimum absolute atomic E-state index is 0.0648. The average Bonchev–Trinajstić information content (AvgIpc) is 3.13. The standard InChI is InChI=1S/C25H21Cl2NO6/c1-11-8-15-19(14(9-18(29)28-15)12-4-6-13(26)7-5-12)23(30)25(11)24(31)20-16(32-2)10-17(33-3)21(27)22(20)34-25/h4-7,10-11,14H,8-9H2,1-3H3,(H,28,29)/t11-,14+,25+/m1/s1. The minimum Gasteiger partial charge on any atom is -0.496 e. The van der Waals surface area contributed by atoms with Crippen LogP contribution in [0, 0.1) is 5.92 Å². The van der Waals surface area contributed by atoms with Gasteiger partial charge < -0.3 is 19.5 Å². The van der Waals surface area contributed by atoms with Gasteiger partial charge in [-0.15, -0.1) is 0 Å². The van der Waals surface area contributed by atoms with Gasteiger partial charge in [-0.2, -0.15) is 0 Å². The zero-order chi connectivity index (χ0) is 24.4. The molecule has 0 radical (unpaired) electrons. The fourth-order valence-corrected chi connectivity index (χ4v) is 5.56. The summed E-state index contributed by atoms with van der Waals surface area (Å²) in [6.07, 6.45) is 0.337. The highest BCUT2D eigenvalue weighted by atomic mass is 35.5. The molecule has 1 aliphatic carbocycles. The first-order valence-electron chi connectivity index (χ1n) is 10.7. The van der Waals surface area contributed by atoms with Crippen molar-refractivity contribution in [1.29, 1.82) is 0 Å². The van der Waals surface area contributed by atoms with E-state index in [1.165, 1.54) is 20.3 Å². The fraction of sp³-hybridized carbons (Fsp3) is 0.320. The van der Waals surface area contributed by atoms with Crippen molar-refractivity contribution < 1.29 is 28.6 Å². The molecule has 34 heavy (non-hydrogen) atoms. The van der Waals surface area contributed by atoms with Crippen molar-refractivity contribution in [3.05, 3.63) is 62.8 Å². The number of benzene rings is 2. The number of carbonyl (C=O) groups excluding carboxylic acids is 3. The number of amides is 1. The van der Waals surface area contributed by atoms with Gasteiger partial charge in [0.05, 0.1) is 14.2 Å². The Morgan fingerprint density at radius 2 is 1.68 bits per heavy atom. The van der Waals surface area contributed by atoms with Crippen LogP contribution in [-0.4, -0.2) is 37.3 Å². The smallest absolute Gasteiger partial charge is 0.236 e. The summed E-state index contributed by atoms with van der Waals surface area (Å²) in [5.74, 6) is -1.76. The summed E-state index contributed by atoms with van der Waals surface area (Å²) >= 11 is 12.5. The van der Waals surface area contributed by atoms with Crippen molar-refractivity contribution in [3.63, 3.8) is 0 Å². The number of fused-ring (bicyclic) bond motifs is 1. The quantitative estimate of drug-likeness (QED) is 0.623. The SMILES string of the molecule is COc1cc(OC)c2c(c1Cl)O[C@@]1(C(=O)C3=C(C[C@H]1C)NC(=O)C[C@H]3c1ccc(Cl)cc1)C2=O. The lowest BCUT2D eigenvalue weighted by molar-refractivity contribution is -0.131. The second-order valence-electron chi connectivity index (χ2n) is 8.65. The first-order chi connectivity index (χ1) is 16.2. The summed E-state index contributed by atoms with van der Waals surface area (Å²) in [7, 11) is 2.85. The van der Waals surface area contributed by atoms with E-state index in [4.69, 9.17) is 37.4 Å². The second-order valence-corrected chi connectivity index (χ2v) is 9.46. The summed E-state index contributed by atoms with van der Waals surface area (Å²) < 4.78 is 16.9. The lowest BCUT2D eigenvalue weighted by Crippen LogP contribution is -2.59. The molecule has 1 spiro atoms. The maximum atomic E-state index is 14.2. The monoisotopic (exact) mass is 501 g/mol. The third-order valence-electron chi connectivity index (χ3n) is 6.83. The van der Waals surface area contributed by atoms with E-state index < -0.39 is 29.0 Å². The number of allylic oxidation sites excluding steroid dienone is 1. The normalized spacial score (nSPS) is 25.6. The third kappa shape index (κ3) is 3.07. The zero-order valence-electron chi connectivity index (χ0n) is 18.7. The lowest BCUT2D eigenvalue weighted by atomic mass is 9.66. The highest BCUT2D eigenvalue weighted by molar-refractivity contribution is 6.36. The molecule has 3 atom stereocenters. The molecule has 5 rings (SSSR count). The van der Waals surface area contributed by atoms with Gasteiger partial charge >= 0.3 is 0 Å². The van der Waals surface area contributed by atoms with Crippen LogP contribution in [0.25, 0.3) is 0 Å². The molecule has 2 aromatic rings. The van der Waals surface area contributed by atoms with Gasteiger partial charge in [0.15, 0.2) is 5.75 Å². The van der Waals surface area contributed by atoms with Crippen molar-refractivity contribution in [1.82, 2.24) is 5.32 Å². The molecule has 1 amide bonds. The Morgan fingerprint density at radius 3 is 2.32 bits per heavy atom. The number of nitrogens with one attached hydrogen (secondary N) is 1. The minimum atomic E-state index is -1.82. The number of carbonyl (C=O) groups is 3. The molecule has 2 aliphatic heterocycles. The summed E-state index contributed by atoms with van der Waals surface area (Å²) in [4.78, 5) is 40.6. The number of ether oxygens (including phenoxy) is 3. The maximum absolute atomic E-state index is 14.2. The Bertz CT molecular complexity index is 1290. The summed E-state index contributed by atoms with van der Waals surface area (Å²) in [5.41, 5.74) is -0.0759. The molecule has 2 heterocycles. The van der Waals surface area contributed by atoms with Gasteiger partial charge in [0.25, 0.3) is 0 Å². The van der Waals surface area contributed by atoms with Crippen LogP contribution in [0.15, 0.2) is 41.6 Å². The van der Waals surface area contributed by atoms with Crippen molar-refractivity contribution in [2.24, 2.45) is 5.92 Å². The summed E-state index contributed by atoms with van der Waals surface area (Å²) in [6, 6.07) is 8.48. The van der Waals surface area contributed by atoms with Gasteiger partial charge in [-0.3, -0.25) is 14.4 Å². The molecule has 3 aliphatic rings. The van der Waals surface area contributed by atoms with Gasteiger partial charge in [0.2, 0.25) is 23.1 Å². The second kappa shape index (κ2) is 8.03. The molecule has 1 N–H and O–H groups in total. The Morgan fingerprint density at radius 1 is 1.00 bits per heavy atom. The number of rotatable bonds is 3. The first-order valence-corrected chi connectivity index (χ1v) is 11.5. The van der Waals surface area contributed by atoms with E-state index in [0.717, 1.165) is 5.56 Å². The van der Waals surface area contributed by atoms with Crippen LogP contribution < -0.4 is 19.5 Å². The molecular weight excluding hydrogens is 481 g/mol. The Labute approximate surface area is 206 Å². The van der Waals surface area contributed by atoms with Crippen LogP contribution >= 0.6 is 23.2 Å². The highest BCUT2D eigenvalue weighted by Crippen LogP contribution is 2.55. The Hall–Kier alpha value is -3.03. The van der Waals surface area contributed by atoms with Crippen LogP contribution in [0.2, 0.25) is 10.0 Å². The number of hydrogen-bond acceptors (Lipinski definition) is 6. The topological polar surface area (TPSA) is 90.9 Å². The number of ketones is 2. The van der Waals surface area contributed by atoms with E-state index in [-0.39, 0.29) is 46.6 Å². The summed E-state index contributed by atoms with van der Waals surface area (Å²) in [5, 5.41) is 3.47. The molecular formula is C25H21Cl2NO6. The number of methoxy groups -OCH3 is 2. The molecule has 0 unspecified atom stereocenters. The predicted octanol–water partition coefficient (Wildman–Crippen LogP) is 4.49. The number of halogens is 2. The number of hydrogen-bond donors (Lipinski definition) is 1. The van der Waals surface area contributed by atoms with Gasteiger partial charge in [0, 0.05) is 40.6 Å².